The molecule has 0 atom stereocenters. The number of hydrogen-bond acceptors (Lipinski definition) is 4. The van der Waals surface area contributed by atoms with Gasteiger partial charge in [0.05, 0.1) is 18.1 Å². The molecule has 1 amide bonds. The molecule has 4 nitrogen and oxygen atoms in total. The van der Waals surface area contributed by atoms with Crippen molar-refractivity contribution in [1.82, 2.24) is 4.90 Å². The molecule has 0 spiro atoms. The van der Waals surface area contributed by atoms with Crippen molar-refractivity contribution in [3.63, 3.8) is 0 Å². The largest absolute Gasteiger partial charge is 0.378 e. The number of nitrogens with zero attached hydrogens (tertiary/aromatic N) is 2. The normalized spacial score (nSPS) is 21.0. The minimum absolute atomic E-state index is 0.316. The number of benzene rings is 1. The van der Waals surface area contributed by atoms with E-state index < -0.39 is 0 Å². The number of thioether (sulfide) groups is 1. The summed E-state index contributed by atoms with van der Waals surface area (Å²) in [5, 5.41) is 0.673. The molecule has 0 bridgehead atoms. The maximum atomic E-state index is 13.8. The van der Waals surface area contributed by atoms with Crippen LogP contribution >= 0.6 is 27.7 Å². The molecule has 1 saturated heterocycles. The summed E-state index contributed by atoms with van der Waals surface area (Å²) in [6.07, 6.45) is 1.55. The molecule has 21 heavy (non-hydrogen) atoms. The van der Waals surface area contributed by atoms with Crippen LogP contribution in [0.5, 0.6) is 0 Å². The second-order valence-electron chi connectivity index (χ2n) is 4.58. The third-order valence-electron chi connectivity index (χ3n) is 3.14. The van der Waals surface area contributed by atoms with Crippen LogP contribution in [0.1, 0.15) is 5.56 Å². The standard InChI is InChI=1S/C14H12BrFN2O2S/c15-10-2-1-9(11(16)8-10)7-12-13(19)17-14(21-12)18-3-5-20-6-4-18/h1-2,7-8H,3-6H2/b12-7-. The number of rotatable bonds is 1. The van der Waals surface area contributed by atoms with Crippen LogP contribution in [-0.2, 0) is 9.53 Å². The fraction of sp³-hybridized carbons (Fsp3) is 0.286. The van der Waals surface area contributed by atoms with Crippen molar-refractivity contribution in [3.8, 4) is 0 Å². The van der Waals surface area contributed by atoms with Gasteiger partial charge in [0.1, 0.15) is 5.82 Å². The number of carbonyl (C=O) groups is 1. The van der Waals surface area contributed by atoms with E-state index >= 15 is 0 Å². The molecule has 1 aromatic rings. The average Bonchev–Trinajstić information content (AvgIpc) is 2.84. The summed E-state index contributed by atoms with van der Waals surface area (Å²) in [4.78, 5) is 18.5. The van der Waals surface area contributed by atoms with Crippen molar-refractivity contribution >= 4 is 44.8 Å². The third kappa shape index (κ3) is 3.36. The highest BCUT2D eigenvalue weighted by Crippen LogP contribution is 2.31. The van der Waals surface area contributed by atoms with Crippen molar-refractivity contribution < 1.29 is 13.9 Å². The first kappa shape index (κ1) is 14.7. The summed E-state index contributed by atoms with van der Waals surface area (Å²) >= 11 is 4.50. The van der Waals surface area contributed by atoms with E-state index in [2.05, 4.69) is 20.9 Å². The van der Waals surface area contributed by atoms with Crippen molar-refractivity contribution in [1.29, 1.82) is 0 Å². The van der Waals surface area contributed by atoms with Crippen molar-refractivity contribution in [3.05, 3.63) is 39.0 Å². The van der Waals surface area contributed by atoms with Gasteiger partial charge in [-0.3, -0.25) is 4.79 Å². The van der Waals surface area contributed by atoms with E-state index in [1.54, 1.807) is 18.2 Å². The van der Waals surface area contributed by atoms with E-state index in [-0.39, 0.29) is 11.7 Å². The van der Waals surface area contributed by atoms with Crippen LogP contribution in [0.25, 0.3) is 6.08 Å². The molecule has 110 valence electrons. The van der Waals surface area contributed by atoms with Crippen LogP contribution in [0, 0.1) is 5.82 Å². The van der Waals surface area contributed by atoms with E-state index in [1.165, 1.54) is 17.8 Å². The fourth-order valence-electron chi connectivity index (χ4n) is 2.05. The molecular formula is C14H12BrFN2O2S. The minimum Gasteiger partial charge on any atom is -0.378 e. The van der Waals surface area contributed by atoms with Crippen molar-refractivity contribution in [2.75, 3.05) is 26.3 Å². The second kappa shape index (κ2) is 6.29. The third-order valence-corrected chi connectivity index (χ3v) is 4.68. The molecule has 0 radical (unpaired) electrons. The molecule has 2 aliphatic heterocycles. The Morgan fingerprint density at radius 3 is 2.86 bits per heavy atom. The summed E-state index contributed by atoms with van der Waals surface area (Å²) in [5.74, 6) is -0.686. The predicted octanol–water partition coefficient (Wildman–Crippen LogP) is 2.89. The van der Waals surface area contributed by atoms with Crippen molar-refractivity contribution in [2.45, 2.75) is 0 Å². The zero-order valence-electron chi connectivity index (χ0n) is 11.0. The van der Waals surface area contributed by atoms with E-state index in [0.29, 0.717) is 33.3 Å². The second-order valence-corrected chi connectivity index (χ2v) is 6.50. The van der Waals surface area contributed by atoms with Gasteiger partial charge in [0.2, 0.25) is 0 Å². The molecule has 0 saturated carbocycles. The number of amides is 1. The molecule has 1 aromatic carbocycles. The average molecular weight is 371 g/mol. The number of aliphatic imine (C=N–C) groups is 1. The number of hydrogen-bond donors (Lipinski definition) is 0. The highest BCUT2D eigenvalue weighted by Gasteiger charge is 2.27. The number of halogens is 2. The van der Waals surface area contributed by atoms with E-state index in [4.69, 9.17) is 4.74 Å². The van der Waals surface area contributed by atoms with Gasteiger partial charge >= 0.3 is 0 Å². The number of ether oxygens (including phenoxy) is 1. The predicted molar refractivity (Wildman–Crippen MR) is 84.5 cm³/mol. The summed E-state index contributed by atoms with van der Waals surface area (Å²) in [5.41, 5.74) is 0.382. The molecule has 0 N–H and O–H groups in total. The van der Waals surface area contributed by atoms with Crippen LogP contribution in [-0.4, -0.2) is 42.3 Å². The smallest absolute Gasteiger partial charge is 0.286 e. The van der Waals surface area contributed by atoms with Gasteiger partial charge in [-0.15, -0.1) is 0 Å². The van der Waals surface area contributed by atoms with Gasteiger partial charge in [-0.1, -0.05) is 22.0 Å². The lowest BCUT2D eigenvalue weighted by atomic mass is 10.2. The van der Waals surface area contributed by atoms with Crippen LogP contribution in [0.4, 0.5) is 4.39 Å². The summed E-state index contributed by atoms with van der Waals surface area (Å²) < 4.78 is 19.8. The zero-order chi connectivity index (χ0) is 14.8. The monoisotopic (exact) mass is 370 g/mol. The highest BCUT2D eigenvalue weighted by atomic mass is 79.9. The summed E-state index contributed by atoms with van der Waals surface area (Å²) in [7, 11) is 0. The Balaban J connectivity index is 1.79. The highest BCUT2D eigenvalue weighted by molar-refractivity contribution is 9.10. The topological polar surface area (TPSA) is 41.9 Å². The maximum absolute atomic E-state index is 13.8. The molecular weight excluding hydrogens is 359 g/mol. The molecule has 3 rings (SSSR count). The molecule has 0 unspecified atom stereocenters. The summed E-state index contributed by atoms with van der Waals surface area (Å²) in [6.45, 7) is 2.71. The molecule has 1 fully saturated rings. The van der Waals surface area contributed by atoms with Crippen LogP contribution in [0.3, 0.4) is 0 Å². The van der Waals surface area contributed by atoms with Gasteiger partial charge in [0, 0.05) is 23.1 Å². The Labute approximate surface area is 134 Å². The van der Waals surface area contributed by atoms with Gasteiger partial charge in [-0.25, -0.2) is 4.39 Å². The lowest BCUT2D eigenvalue weighted by molar-refractivity contribution is -0.113. The van der Waals surface area contributed by atoms with Gasteiger partial charge in [-0.2, -0.15) is 4.99 Å². The molecule has 2 heterocycles. The lowest BCUT2D eigenvalue weighted by Gasteiger charge is -2.27. The quantitative estimate of drug-likeness (QED) is 0.712. The van der Waals surface area contributed by atoms with Gasteiger partial charge in [0.15, 0.2) is 5.17 Å². The molecule has 0 aromatic heterocycles. The van der Waals surface area contributed by atoms with Gasteiger partial charge in [-0.05, 0) is 30.0 Å². The first-order valence-corrected chi connectivity index (χ1v) is 8.05. The Morgan fingerprint density at radius 2 is 2.14 bits per heavy atom. The Kier molecular flexibility index (Phi) is 4.42. The van der Waals surface area contributed by atoms with Crippen LogP contribution < -0.4 is 0 Å². The molecule has 0 aliphatic carbocycles. The Bertz CT molecular complexity index is 642. The first-order valence-electron chi connectivity index (χ1n) is 6.44. The maximum Gasteiger partial charge on any atom is 0.286 e. The van der Waals surface area contributed by atoms with Crippen LogP contribution in [0.15, 0.2) is 32.6 Å². The first-order chi connectivity index (χ1) is 10.1. The Hall–Kier alpha value is -1.18. The van der Waals surface area contributed by atoms with Gasteiger partial charge in [0.25, 0.3) is 5.91 Å². The van der Waals surface area contributed by atoms with E-state index in [1.807, 2.05) is 4.90 Å². The summed E-state index contributed by atoms with van der Waals surface area (Å²) in [6, 6.07) is 4.75. The fourth-order valence-corrected chi connectivity index (χ4v) is 3.34. The van der Waals surface area contributed by atoms with E-state index in [9.17, 15) is 9.18 Å². The number of carbonyl (C=O) groups excluding carboxylic acids is 1. The SMILES string of the molecule is O=C1N=C(N2CCOCC2)S/C1=C\c1ccc(Br)cc1F. The van der Waals surface area contributed by atoms with Crippen LogP contribution in [0.2, 0.25) is 0 Å². The Morgan fingerprint density at radius 1 is 1.38 bits per heavy atom. The minimum atomic E-state index is -0.370. The van der Waals surface area contributed by atoms with Gasteiger partial charge < -0.3 is 9.64 Å². The van der Waals surface area contributed by atoms with E-state index in [0.717, 1.165) is 13.1 Å². The molecule has 7 heteroatoms. The lowest BCUT2D eigenvalue weighted by Crippen LogP contribution is -2.38. The molecule has 2 aliphatic rings. The zero-order valence-corrected chi connectivity index (χ0v) is 13.4. The number of morpholine rings is 1. The van der Waals surface area contributed by atoms with Crippen molar-refractivity contribution in [2.24, 2.45) is 4.99 Å². The number of amidine groups is 1.